The van der Waals surface area contributed by atoms with Crippen LogP contribution in [-0.4, -0.2) is 50.6 Å². The molecule has 0 unspecified atom stereocenters. The number of aromatic nitrogens is 3. The number of imide groups is 1. The molecule has 0 radical (unpaired) electrons. The molecule has 4 rings (SSSR count). The van der Waals surface area contributed by atoms with Crippen LogP contribution in [0, 0.1) is 0 Å². The molecule has 1 aliphatic rings. The SMILES string of the molecule is CC(C)n1ncc2c(C(=O)OCC(=O)N3CCCC3=O)cc(-c3ccco3)nc21. The number of carbonyl (C=O) groups is 3. The van der Waals surface area contributed by atoms with Gasteiger partial charge in [-0.05, 0) is 38.5 Å². The lowest BCUT2D eigenvalue weighted by atomic mass is 10.1. The molecule has 0 aliphatic carbocycles. The van der Waals surface area contributed by atoms with E-state index in [2.05, 4.69) is 10.1 Å². The Kier molecular flexibility index (Phi) is 4.87. The number of rotatable bonds is 5. The van der Waals surface area contributed by atoms with Gasteiger partial charge in [0.25, 0.3) is 5.91 Å². The molecule has 0 saturated carbocycles. The largest absolute Gasteiger partial charge is 0.463 e. The zero-order valence-corrected chi connectivity index (χ0v) is 16.1. The Balaban J connectivity index is 1.65. The minimum absolute atomic E-state index is 0.0264. The van der Waals surface area contributed by atoms with Crippen molar-refractivity contribution in [3.8, 4) is 11.5 Å². The fraction of sp³-hybridized carbons (Fsp3) is 0.350. The third-order valence-corrected chi connectivity index (χ3v) is 4.75. The Morgan fingerprint density at radius 1 is 1.34 bits per heavy atom. The summed E-state index contributed by atoms with van der Waals surface area (Å²) in [6.07, 6.45) is 4.04. The van der Waals surface area contributed by atoms with Gasteiger partial charge in [0, 0.05) is 19.0 Å². The summed E-state index contributed by atoms with van der Waals surface area (Å²) in [5, 5.41) is 4.84. The summed E-state index contributed by atoms with van der Waals surface area (Å²) in [4.78, 5) is 42.4. The summed E-state index contributed by atoms with van der Waals surface area (Å²) < 4.78 is 12.3. The summed E-state index contributed by atoms with van der Waals surface area (Å²) in [5.41, 5.74) is 1.20. The van der Waals surface area contributed by atoms with Gasteiger partial charge in [0.1, 0.15) is 5.69 Å². The van der Waals surface area contributed by atoms with Crippen molar-refractivity contribution in [2.24, 2.45) is 0 Å². The molecular formula is C20H20N4O5. The Morgan fingerprint density at radius 2 is 2.17 bits per heavy atom. The number of nitrogens with zero attached hydrogens (tertiary/aromatic N) is 4. The number of amides is 2. The zero-order valence-electron chi connectivity index (χ0n) is 16.1. The first kappa shape index (κ1) is 18.9. The van der Waals surface area contributed by atoms with Crippen LogP contribution in [0.1, 0.15) is 43.1 Å². The molecule has 0 aromatic carbocycles. The fourth-order valence-corrected chi connectivity index (χ4v) is 3.31. The first-order chi connectivity index (χ1) is 14.0. The summed E-state index contributed by atoms with van der Waals surface area (Å²) in [5.74, 6) is -0.948. The minimum Gasteiger partial charge on any atom is -0.463 e. The van der Waals surface area contributed by atoms with Crippen molar-refractivity contribution < 1.29 is 23.5 Å². The van der Waals surface area contributed by atoms with Gasteiger partial charge in [0.05, 0.1) is 23.4 Å². The van der Waals surface area contributed by atoms with Crippen LogP contribution in [0.15, 0.2) is 35.1 Å². The highest BCUT2D eigenvalue weighted by atomic mass is 16.5. The smallest absolute Gasteiger partial charge is 0.339 e. The summed E-state index contributed by atoms with van der Waals surface area (Å²) >= 11 is 0. The number of pyridine rings is 1. The number of furan rings is 1. The van der Waals surface area contributed by atoms with Crippen LogP contribution in [0.4, 0.5) is 0 Å². The van der Waals surface area contributed by atoms with E-state index in [1.807, 2.05) is 13.8 Å². The van der Waals surface area contributed by atoms with Gasteiger partial charge < -0.3 is 9.15 Å². The van der Waals surface area contributed by atoms with Crippen LogP contribution in [-0.2, 0) is 14.3 Å². The molecule has 9 heteroatoms. The molecule has 150 valence electrons. The molecule has 0 spiro atoms. The first-order valence-corrected chi connectivity index (χ1v) is 9.38. The topological polar surface area (TPSA) is 108 Å². The van der Waals surface area contributed by atoms with E-state index in [1.165, 1.54) is 6.26 Å². The van der Waals surface area contributed by atoms with Gasteiger partial charge in [-0.1, -0.05) is 0 Å². The van der Waals surface area contributed by atoms with E-state index in [0.29, 0.717) is 41.9 Å². The van der Waals surface area contributed by atoms with Crippen molar-refractivity contribution >= 4 is 28.8 Å². The van der Waals surface area contributed by atoms with Crippen LogP contribution in [0.3, 0.4) is 0 Å². The van der Waals surface area contributed by atoms with Gasteiger partial charge in [-0.25, -0.2) is 14.5 Å². The zero-order chi connectivity index (χ0) is 20.5. The number of ether oxygens (including phenoxy) is 1. The quantitative estimate of drug-likeness (QED) is 0.610. The molecule has 3 aromatic rings. The first-order valence-electron chi connectivity index (χ1n) is 9.38. The number of hydrogen-bond donors (Lipinski definition) is 0. The van der Waals surface area contributed by atoms with Crippen LogP contribution in [0.2, 0.25) is 0 Å². The molecule has 1 aliphatic heterocycles. The molecular weight excluding hydrogens is 376 g/mol. The number of esters is 1. The van der Waals surface area contributed by atoms with Crippen molar-refractivity contribution in [3.05, 3.63) is 36.2 Å². The van der Waals surface area contributed by atoms with Crippen LogP contribution in [0.5, 0.6) is 0 Å². The summed E-state index contributed by atoms with van der Waals surface area (Å²) in [6.45, 7) is 3.77. The fourth-order valence-electron chi connectivity index (χ4n) is 3.31. The van der Waals surface area contributed by atoms with Gasteiger partial charge in [-0.2, -0.15) is 5.10 Å². The number of hydrogen-bond acceptors (Lipinski definition) is 7. The Bertz CT molecular complexity index is 1080. The lowest BCUT2D eigenvalue weighted by Gasteiger charge is -2.14. The highest BCUT2D eigenvalue weighted by Gasteiger charge is 2.28. The molecule has 4 heterocycles. The highest BCUT2D eigenvalue weighted by Crippen LogP contribution is 2.27. The average molecular weight is 396 g/mol. The summed E-state index contributed by atoms with van der Waals surface area (Å²) in [7, 11) is 0. The van der Waals surface area contributed by atoms with Crippen molar-refractivity contribution in [3.63, 3.8) is 0 Å². The second-order valence-corrected chi connectivity index (χ2v) is 7.07. The third kappa shape index (κ3) is 3.51. The number of carbonyl (C=O) groups excluding carboxylic acids is 3. The Morgan fingerprint density at radius 3 is 2.83 bits per heavy atom. The molecule has 1 fully saturated rings. The van der Waals surface area contributed by atoms with E-state index in [4.69, 9.17) is 9.15 Å². The summed E-state index contributed by atoms with van der Waals surface area (Å²) in [6, 6.07) is 5.05. The third-order valence-electron chi connectivity index (χ3n) is 4.75. The molecule has 0 atom stereocenters. The monoisotopic (exact) mass is 396 g/mol. The van der Waals surface area contributed by atoms with Crippen molar-refractivity contribution in [1.29, 1.82) is 0 Å². The molecule has 2 amide bonds. The van der Waals surface area contributed by atoms with Crippen LogP contribution >= 0.6 is 0 Å². The Labute approximate surface area is 166 Å². The highest BCUT2D eigenvalue weighted by molar-refractivity contribution is 6.05. The maximum absolute atomic E-state index is 12.8. The molecule has 1 saturated heterocycles. The number of likely N-dealkylation sites (tertiary alicyclic amines) is 1. The van der Waals surface area contributed by atoms with E-state index < -0.39 is 18.5 Å². The minimum atomic E-state index is -0.687. The van der Waals surface area contributed by atoms with Crippen molar-refractivity contribution in [2.45, 2.75) is 32.7 Å². The van der Waals surface area contributed by atoms with E-state index in [1.54, 1.807) is 29.1 Å². The van der Waals surface area contributed by atoms with Crippen LogP contribution < -0.4 is 0 Å². The maximum atomic E-state index is 12.8. The van der Waals surface area contributed by atoms with E-state index in [0.717, 1.165) is 4.90 Å². The van der Waals surface area contributed by atoms with Gasteiger partial charge in [-0.3, -0.25) is 14.5 Å². The van der Waals surface area contributed by atoms with E-state index in [-0.39, 0.29) is 17.5 Å². The van der Waals surface area contributed by atoms with Crippen molar-refractivity contribution in [1.82, 2.24) is 19.7 Å². The van der Waals surface area contributed by atoms with E-state index >= 15 is 0 Å². The lowest BCUT2D eigenvalue weighted by molar-refractivity contribution is -0.143. The molecule has 3 aromatic heterocycles. The van der Waals surface area contributed by atoms with Gasteiger partial charge in [0.15, 0.2) is 18.0 Å². The normalized spacial score (nSPS) is 14.2. The second-order valence-electron chi connectivity index (χ2n) is 7.07. The standard InChI is InChI=1S/C20H20N4O5/c1-12(2)24-19-14(10-21-24)13(9-15(22-19)16-5-4-8-28-16)20(27)29-11-18(26)23-7-3-6-17(23)25/h4-5,8-10,12H,3,6-7,11H2,1-2H3. The molecule has 0 bridgehead atoms. The molecule has 0 N–H and O–H groups in total. The van der Waals surface area contributed by atoms with Gasteiger partial charge in [-0.15, -0.1) is 0 Å². The van der Waals surface area contributed by atoms with Crippen molar-refractivity contribution in [2.75, 3.05) is 13.2 Å². The molecule has 29 heavy (non-hydrogen) atoms. The lowest BCUT2D eigenvalue weighted by Crippen LogP contribution is -2.35. The Hall–Kier alpha value is -3.49. The maximum Gasteiger partial charge on any atom is 0.339 e. The van der Waals surface area contributed by atoms with Crippen LogP contribution in [0.25, 0.3) is 22.5 Å². The predicted octanol–water partition coefficient (Wildman–Crippen LogP) is 2.58. The molecule has 9 nitrogen and oxygen atoms in total. The van der Waals surface area contributed by atoms with Gasteiger partial charge >= 0.3 is 5.97 Å². The van der Waals surface area contributed by atoms with E-state index in [9.17, 15) is 14.4 Å². The van der Waals surface area contributed by atoms with Gasteiger partial charge in [0.2, 0.25) is 5.91 Å². The second kappa shape index (κ2) is 7.50. The average Bonchev–Trinajstić information content (AvgIpc) is 3.44. The number of fused-ring (bicyclic) bond motifs is 1. The predicted molar refractivity (Wildman–Crippen MR) is 102 cm³/mol.